The van der Waals surface area contributed by atoms with Gasteiger partial charge in [0.2, 0.25) is 5.91 Å². The summed E-state index contributed by atoms with van der Waals surface area (Å²) in [6.45, 7) is 7.47. The minimum absolute atomic E-state index is 0.139. The summed E-state index contributed by atoms with van der Waals surface area (Å²) in [5.41, 5.74) is -0.275. The van der Waals surface area contributed by atoms with E-state index in [0.29, 0.717) is 6.04 Å². The molecule has 0 bridgehead atoms. The van der Waals surface area contributed by atoms with Crippen LogP contribution in [-0.2, 0) is 4.79 Å². The smallest absolute Gasteiger partial charge is 0.225 e. The standard InChI is InChI=1S/C14H28N2O/c1-14(2,3)13(17)16-11-10-15-12-8-6-4-5-7-9-12/h12,15H,4-11H2,1-3H3,(H,16,17). The Labute approximate surface area is 106 Å². The first-order valence-corrected chi connectivity index (χ1v) is 7.02. The maximum Gasteiger partial charge on any atom is 0.225 e. The molecule has 2 N–H and O–H groups in total. The van der Waals surface area contributed by atoms with E-state index in [9.17, 15) is 4.79 Å². The summed E-state index contributed by atoms with van der Waals surface area (Å²) in [5, 5.41) is 6.53. The van der Waals surface area contributed by atoms with E-state index in [2.05, 4.69) is 10.6 Å². The van der Waals surface area contributed by atoms with Gasteiger partial charge in [0.15, 0.2) is 0 Å². The number of carbonyl (C=O) groups is 1. The summed E-state index contributed by atoms with van der Waals surface area (Å²) < 4.78 is 0. The molecule has 3 heteroatoms. The van der Waals surface area contributed by atoms with Crippen molar-refractivity contribution in [3.8, 4) is 0 Å². The Kier molecular flexibility index (Phi) is 5.96. The monoisotopic (exact) mass is 240 g/mol. The van der Waals surface area contributed by atoms with Crippen LogP contribution < -0.4 is 10.6 Å². The molecule has 0 aromatic heterocycles. The van der Waals surface area contributed by atoms with Crippen molar-refractivity contribution >= 4 is 5.91 Å². The summed E-state index contributed by atoms with van der Waals surface area (Å²) in [5.74, 6) is 0.139. The highest BCUT2D eigenvalue weighted by Crippen LogP contribution is 2.16. The molecule has 1 aliphatic rings. The summed E-state index contributed by atoms with van der Waals surface area (Å²) in [6, 6.07) is 0.670. The zero-order valence-electron chi connectivity index (χ0n) is 11.6. The molecule has 100 valence electrons. The summed E-state index contributed by atoms with van der Waals surface area (Å²) in [6.07, 6.45) is 8.08. The number of amides is 1. The Balaban J connectivity index is 2.09. The predicted octanol–water partition coefficient (Wildman–Crippen LogP) is 2.46. The Bertz CT molecular complexity index is 225. The molecule has 1 fully saturated rings. The van der Waals surface area contributed by atoms with Gasteiger partial charge in [-0.1, -0.05) is 46.5 Å². The molecular weight excluding hydrogens is 212 g/mol. The van der Waals surface area contributed by atoms with E-state index in [1.54, 1.807) is 0 Å². The third-order valence-electron chi connectivity index (χ3n) is 3.38. The van der Waals surface area contributed by atoms with Crippen LogP contribution in [-0.4, -0.2) is 25.0 Å². The lowest BCUT2D eigenvalue weighted by atomic mass is 9.96. The average molecular weight is 240 g/mol. The zero-order chi connectivity index (χ0) is 12.7. The number of rotatable bonds is 4. The van der Waals surface area contributed by atoms with Crippen LogP contribution >= 0.6 is 0 Å². The molecule has 1 saturated carbocycles. The fourth-order valence-corrected chi connectivity index (χ4v) is 2.20. The first kappa shape index (κ1) is 14.5. The van der Waals surface area contributed by atoms with E-state index >= 15 is 0 Å². The molecule has 0 radical (unpaired) electrons. The molecule has 0 aromatic carbocycles. The highest BCUT2D eigenvalue weighted by atomic mass is 16.2. The largest absolute Gasteiger partial charge is 0.354 e. The van der Waals surface area contributed by atoms with Crippen molar-refractivity contribution in [3.05, 3.63) is 0 Å². The van der Waals surface area contributed by atoms with Crippen LogP contribution in [0.1, 0.15) is 59.3 Å². The van der Waals surface area contributed by atoms with Crippen LogP contribution in [0, 0.1) is 5.41 Å². The fourth-order valence-electron chi connectivity index (χ4n) is 2.20. The molecule has 0 unspecified atom stereocenters. The first-order valence-electron chi connectivity index (χ1n) is 7.02. The molecular formula is C14H28N2O. The van der Waals surface area contributed by atoms with Crippen LogP contribution in [0.3, 0.4) is 0 Å². The Morgan fingerprint density at radius 2 is 1.65 bits per heavy atom. The Morgan fingerprint density at radius 1 is 1.06 bits per heavy atom. The average Bonchev–Trinajstić information content (AvgIpc) is 2.51. The van der Waals surface area contributed by atoms with Crippen LogP contribution in [0.25, 0.3) is 0 Å². The minimum atomic E-state index is -0.275. The Morgan fingerprint density at radius 3 is 2.18 bits per heavy atom. The normalized spacial score (nSPS) is 18.8. The number of nitrogens with one attached hydrogen (secondary N) is 2. The molecule has 0 spiro atoms. The topological polar surface area (TPSA) is 41.1 Å². The summed E-state index contributed by atoms with van der Waals surface area (Å²) in [4.78, 5) is 11.6. The highest BCUT2D eigenvalue weighted by molar-refractivity contribution is 5.81. The molecule has 1 aliphatic carbocycles. The third kappa shape index (κ3) is 6.06. The Hall–Kier alpha value is -0.570. The molecule has 1 rings (SSSR count). The maximum atomic E-state index is 11.6. The van der Waals surface area contributed by atoms with Gasteiger partial charge < -0.3 is 10.6 Å². The van der Waals surface area contributed by atoms with E-state index in [1.165, 1.54) is 38.5 Å². The van der Waals surface area contributed by atoms with Gasteiger partial charge in [-0.25, -0.2) is 0 Å². The van der Waals surface area contributed by atoms with Gasteiger partial charge in [-0.05, 0) is 12.8 Å². The molecule has 0 aliphatic heterocycles. The van der Waals surface area contributed by atoms with Gasteiger partial charge in [-0.15, -0.1) is 0 Å². The molecule has 0 aromatic rings. The van der Waals surface area contributed by atoms with Crippen molar-refractivity contribution in [1.29, 1.82) is 0 Å². The van der Waals surface area contributed by atoms with Crippen molar-refractivity contribution in [3.63, 3.8) is 0 Å². The second-order valence-electron chi connectivity index (χ2n) is 6.15. The zero-order valence-corrected chi connectivity index (χ0v) is 11.6. The number of carbonyl (C=O) groups excluding carboxylic acids is 1. The van der Waals surface area contributed by atoms with Crippen molar-refractivity contribution < 1.29 is 4.79 Å². The van der Waals surface area contributed by atoms with Gasteiger partial charge in [0.1, 0.15) is 0 Å². The summed E-state index contributed by atoms with van der Waals surface area (Å²) >= 11 is 0. The van der Waals surface area contributed by atoms with E-state index in [-0.39, 0.29) is 11.3 Å². The van der Waals surface area contributed by atoms with E-state index in [4.69, 9.17) is 0 Å². The van der Waals surface area contributed by atoms with Crippen molar-refractivity contribution in [2.75, 3.05) is 13.1 Å². The predicted molar refractivity (Wildman–Crippen MR) is 72.0 cm³/mol. The lowest BCUT2D eigenvalue weighted by Gasteiger charge is -2.19. The van der Waals surface area contributed by atoms with E-state index < -0.39 is 0 Å². The van der Waals surface area contributed by atoms with Crippen molar-refractivity contribution in [2.45, 2.75) is 65.3 Å². The van der Waals surface area contributed by atoms with Gasteiger partial charge >= 0.3 is 0 Å². The second kappa shape index (κ2) is 7.00. The first-order chi connectivity index (χ1) is 8.00. The maximum absolute atomic E-state index is 11.6. The lowest BCUT2D eigenvalue weighted by Crippen LogP contribution is -2.40. The SMILES string of the molecule is CC(C)(C)C(=O)NCCNC1CCCCCC1. The van der Waals surface area contributed by atoms with Gasteiger partial charge in [-0.3, -0.25) is 4.79 Å². The van der Waals surface area contributed by atoms with Crippen LogP contribution in [0.4, 0.5) is 0 Å². The minimum Gasteiger partial charge on any atom is -0.354 e. The van der Waals surface area contributed by atoms with Gasteiger partial charge in [0, 0.05) is 24.5 Å². The quantitative estimate of drug-likeness (QED) is 0.585. The molecule has 1 amide bonds. The van der Waals surface area contributed by atoms with Crippen LogP contribution in [0.15, 0.2) is 0 Å². The molecule has 0 heterocycles. The van der Waals surface area contributed by atoms with Gasteiger partial charge in [0.25, 0.3) is 0 Å². The molecule has 17 heavy (non-hydrogen) atoms. The van der Waals surface area contributed by atoms with Crippen LogP contribution in [0.5, 0.6) is 0 Å². The lowest BCUT2D eigenvalue weighted by molar-refractivity contribution is -0.128. The van der Waals surface area contributed by atoms with Crippen LogP contribution in [0.2, 0.25) is 0 Å². The highest BCUT2D eigenvalue weighted by Gasteiger charge is 2.20. The molecule has 0 atom stereocenters. The second-order valence-corrected chi connectivity index (χ2v) is 6.15. The number of hydrogen-bond donors (Lipinski definition) is 2. The van der Waals surface area contributed by atoms with Gasteiger partial charge in [-0.2, -0.15) is 0 Å². The molecule has 3 nitrogen and oxygen atoms in total. The third-order valence-corrected chi connectivity index (χ3v) is 3.38. The van der Waals surface area contributed by atoms with Gasteiger partial charge in [0.05, 0.1) is 0 Å². The number of hydrogen-bond acceptors (Lipinski definition) is 2. The van der Waals surface area contributed by atoms with Crippen molar-refractivity contribution in [2.24, 2.45) is 5.41 Å². The van der Waals surface area contributed by atoms with Crippen molar-refractivity contribution in [1.82, 2.24) is 10.6 Å². The van der Waals surface area contributed by atoms with E-state index in [0.717, 1.165) is 13.1 Å². The molecule has 0 saturated heterocycles. The van der Waals surface area contributed by atoms with E-state index in [1.807, 2.05) is 20.8 Å². The fraction of sp³-hybridized carbons (Fsp3) is 0.929. The summed E-state index contributed by atoms with van der Waals surface area (Å²) in [7, 11) is 0.